The molecule has 0 saturated heterocycles. The molecule has 3 heteroatoms. The molecule has 0 unspecified atom stereocenters. The lowest BCUT2D eigenvalue weighted by Gasteiger charge is -2.13. The Morgan fingerprint density at radius 3 is 2.67 bits per heavy atom. The first-order valence-corrected chi connectivity index (χ1v) is 7.02. The number of benzene rings is 1. The van der Waals surface area contributed by atoms with Crippen LogP contribution in [0.2, 0.25) is 0 Å². The van der Waals surface area contributed by atoms with E-state index in [9.17, 15) is 4.79 Å². The molecule has 0 radical (unpaired) electrons. The Hall–Kier alpha value is -1.61. The van der Waals surface area contributed by atoms with Crippen molar-refractivity contribution in [2.45, 2.75) is 25.8 Å². The van der Waals surface area contributed by atoms with E-state index in [1.54, 1.807) is 0 Å². The van der Waals surface area contributed by atoms with Crippen LogP contribution in [0, 0.1) is 0 Å². The van der Waals surface area contributed by atoms with Gasteiger partial charge < -0.3 is 5.32 Å². The molecule has 1 atom stereocenters. The average molecular weight is 259 g/mol. The van der Waals surface area contributed by atoms with Gasteiger partial charge >= 0.3 is 0 Å². The smallest absolute Gasteiger partial charge is 0.261 e. The summed E-state index contributed by atoms with van der Waals surface area (Å²) in [6, 6.07) is 14.3. The van der Waals surface area contributed by atoms with E-state index in [1.807, 2.05) is 35.7 Å². The van der Waals surface area contributed by atoms with E-state index >= 15 is 0 Å². The van der Waals surface area contributed by atoms with Crippen LogP contribution in [0.4, 0.5) is 0 Å². The molecular weight excluding hydrogens is 242 g/mol. The summed E-state index contributed by atoms with van der Waals surface area (Å²) in [6.07, 6.45) is 1.95. The van der Waals surface area contributed by atoms with Crippen LogP contribution >= 0.6 is 11.3 Å². The van der Waals surface area contributed by atoms with Crippen LogP contribution in [0.5, 0.6) is 0 Å². The van der Waals surface area contributed by atoms with Crippen LogP contribution < -0.4 is 5.32 Å². The van der Waals surface area contributed by atoms with Gasteiger partial charge in [-0.25, -0.2) is 0 Å². The van der Waals surface area contributed by atoms with Crippen LogP contribution in [-0.4, -0.2) is 11.9 Å². The van der Waals surface area contributed by atoms with E-state index < -0.39 is 0 Å². The maximum absolute atomic E-state index is 11.8. The predicted octanol–water partition coefficient (Wildman–Crippen LogP) is 3.50. The third-order valence-corrected chi connectivity index (χ3v) is 3.70. The molecule has 0 aliphatic carbocycles. The van der Waals surface area contributed by atoms with Gasteiger partial charge in [-0.2, -0.15) is 0 Å². The van der Waals surface area contributed by atoms with Crippen molar-refractivity contribution in [2.24, 2.45) is 0 Å². The van der Waals surface area contributed by atoms with E-state index in [4.69, 9.17) is 0 Å². The van der Waals surface area contributed by atoms with Gasteiger partial charge in [-0.3, -0.25) is 4.79 Å². The molecule has 1 N–H and O–H groups in total. The Kier molecular flexibility index (Phi) is 4.53. The summed E-state index contributed by atoms with van der Waals surface area (Å²) in [4.78, 5) is 12.6. The van der Waals surface area contributed by atoms with Gasteiger partial charge in [0.2, 0.25) is 0 Å². The van der Waals surface area contributed by atoms with Crippen LogP contribution in [-0.2, 0) is 6.42 Å². The summed E-state index contributed by atoms with van der Waals surface area (Å²) in [5.74, 6) is 0.0329. The molecule has 1 heterocycles. The Morgan fingerprint density at radius 2 is 2.00 bits per heavy atom. The highest BCUT2D eigenvalue weighted by atomic mass is 32.1. The molecule has 2 aromatic rings. The van der Waals surface area contributed by atoms with E-state index in [1.165, 1.54) is 16.9 Å². The van der Waals surface area contributed by atoms with E-state index in [0.717, 1.165) is 17.7 Å². The summed E-state index contributed by atoms with van der Waals surface area (Å²) in [6.45, 7) is 2.05. The zero-order valence-corrected chi connectivity index (χ0v) is 11.2. The zero-order chi connectivity index (χ0) is 12.8. The van der Waals surface area contributed by atoms with E-state index in [0.29, 0.717) is 0 Å². The van der Waals surface area contributed by atoms with E-state index in [2.05, 4.69) is 24.4 Å². The van der Waals surface area contributed by atoms with Crippen LogP contribution in [0.1, 0.15) is 28.6 Å². The monoisotopic (exact) mass is 259 g/mol. The Morgan fingerprint density at radius 1 is 1.22 bits per heavy atom. The van der Waals surface area contributed by atoms with Crippen molar-refractivity contribution in [3.63, 3.8) is 0 Å². The average Bonchev–Trinajstić information content (AvgIpc) is 2.91. The van der Waals surface area contributed by atoms with E-state index in [-0.39, 0.29) is 11.9 Å². The lowest BCUT2D eigenvalue weighted by Crippen LogP contribution is -2.32. The number of aryl methyl sites for hydroxylation is 1. The second kappa shape index (κ2) is 6.36. The summed E-state index contributed by atoms with van der Waals surface area (Å²) in [5.41, 5.74) is 1.31. The minimum Gasteiger partial charge on any atom is -0.349 e. The van der Waals surface area contributed by atoms with Crippen molar-refractivity contribution in [1.82, 2.24) is 5.32 Å². The van der Waals surface area contributed by atoms with Crippen molar-refractivity contribution in [3.8, 4) is 0 Å². The first kappa shape index (κ1) is 12.8. The molecular formula is C15H17NOS. The number of hydrogen-bond donors (Lipinski definition) is 1. The largest absolute Gasteiger partial charge is 0.349 e. The van der Waals surface area contributed by atoms with Gasteiger partial charge in [0.15, 0.2) is 0 Å². The van der Waals surface area contributed by atoms with Gasteiger partial charge in [0.1, 0.15) is 0 Å². The lowest BCUT2D eigenvalue weighted by atomic mass is 10.1. The number of thiophene rings is 1. The third-order valence-electron chi connectivity index (χ3n) is 2.83. The maximum atomic E-state index is 11.8. The highest BCUT2D eigenvalue weighted by Gasteiger charge is 2.10. The first-order valence-electron chi connectivity index (χ1n) is 6.14. The molecule has 0 bridgehead atoms. The molecule has 1 aromatic carbocycles. The fourth-order valence-corrected chi connectivity index (χ4v) is 2.43. The van der Waals surface area contributed by atoms with Gasteiger partial charge in [0.05, 0.1) is 4.88 Å². The van der Waals surface area contributed by atoms with Crippen molar-refractivity contribution in [3.05, 3.63) is 58.3 Å². The number of carbonyl (C=O) groups is 1. The standard InChI is InChI=1S/C15H17NOS/c1-12(9-10-13-6-3-2-4-7-13)16-15(17)14-8-5-11-18-14/h2-8,11-12H,9-10H2,1H3,(H,16,17)/t12-/m1/s1. The Labute approximate surface area is 112 Å². The minimum absolute atomic E-state index is 0.0329. The molecule has 1 amide bonds. The second-order valence-corrected chi connectivity index (χ2v) is 5.32. The SMILES string of the molecule is C[C@H](CCc1ccccc1)NC(=O)c1cccs1. The number of carbonyl (C=O) groups excluding carboxylic acids is 1. The summed E-state index contributed by atoms with van der Waals surface area (Å²) in [7, 11) is 0. The molecule has 1 aromatic heterocycles. The summed E-state index contributed by atoms with van der Waals surface area (Å²) in [5, 5.41) is 4.94. The highest BCUT2D eigenvalue weighted by molar-refractivity contribution is 7.12. The Balaban J connectivity index is 1.79. The maximum Gasteiger partial charge on any atom is 0.261 e. The van der Waals surface area contributed by atoms with Crippen molar-refractivity contribution >= 4 is 17.2 Å². The van der Waals surface area contributed by atoms with Crippen molar-refractivity contribution < 1.29 is 4.79 Å². The highest BCUT2D eigenvalue weighted by Crippen LogP contribution is 2.09. The summed E-state index contributed by atoms with van der Waals surface area (Å²) < 4.78 is 0. The molecule has 0 fully saturated rings. The topological polar surface area (TPSA) is 29.1 Å². The van der Waals surface area contributed by atoms with Crippen LogP contribution in [0.15, 0.2) is 47.8 Å². The molecule has 0 saturated carbocycles. The number of nitrogens with one attached hydrogen (secondary N) is 1. The number of amides is 1. The third kappa shape index (κ3) is 3.70. The van der Waals surface area contributed by atoms with Crippen LogP contribution in [0.25, 0.3) is 0 Å². The first-order chi connectivity index (χ1) is 8.75. The van der Waals surface area contributed by atoms with Gasteiger partial charge in [0, 0.05) is 6.04 Å². The fraction of sp³-hybridized carbons (Fsp3) is 0.267. The number of hydrogen-bond acceptors (Lipinski definition) is 2. The molecule has 2 rings (SSSR count). The molecule has 18 heavy (non-hydrogen) atoms. The second-order valence-electron chi connectivity index (χ2n) is 4.38. The zero-order valence-electron chi connectivity index (χ0n) is 10.4. The lowest BCUT2D eigenvalue weighted by molar-refractivity contribution is 0.0942. The normalized spacial score (nSPS) is 12.1. The molecule has 94 valence electrons. The fourth-order valence-electron chi connectivity index (χ4n) is 1.80. The number of rotatable bonds is 5. The van der Waals surface area contributed by atoms with Crippen molar-refractivity contribution in [2.75, 3.05) is 0 Å². The molecule has 0 aliphatic heterocycles. The minimum atomic E-state index is 0.0329. The van der Waals surface area contributed by atoms with Crippen LogP contribution in [0.3, 0.4) is 0 Å². The Bertz CT molecular complexity index is 478. The molecule has 0 aliphatic rings. The quantitative estimate of drug-likeness (QED) is 0.875. The predicted molar refractivity (Wildman–Crippen MR) is 76.0 cm³/mol. The van der Waals surface area contributed by atoms with Gasteiger partial charge in [0.25, 0.3) is 5.91 Å². The van der Waals surface area contributed by atoms with Gasteiger partial charge in [-0.15, -0.1) is 11.3 Å². The summed E-state index contributed by atoms with van der Waals surface area (Å²) >= 11 is 1.48. The van der Waals surface area contributed by atoms with Gasteiger partial charge in [-0.1, -0.05) is 36.4 Å². The van der Waals surface area contributed by atoms with Crippen molar-refractivity contribution in [1.29, 1.82) is 0 Å². The van der Waals surface area contributed by atoms with Gasteiger partial charge in [-0.05, 0) is 36.8 Å². The molecule has 0 spiro atoms. The molecule has 2 nitrogen and oxygen atoms in total.